The Hall–Kier alpha value is -3.57. The van der Waals surface area contributed by atoms with E-state index in [9.17, 15) is 9.59 Å². The van der Waals surface area contributed by atoms with E-state index in [1.54, 1.807) is 29.2 Å². The highest BCUT2D eigenvalue weighted by Gasteiger charge is 2.17. The summed E-state index contributed by atoms with van der Waals surface area (Å²) < 4.78 is 0. The lowest BCUT2D eigenvalue weighted by atomic mass is 10.1. The number of nitrogens with zero attached hydrogens (tertiary/aromatic N) is 1. The third kappa shape index (κ3) is 5.37. The number of anilines is 1. The van der Waals surface area contributed by atoms with Gasteiger partial charge in [0.1, 0.15) is 0 Å². The van der Waals surface area contributed by atoms with Crippen molar-refractivity contribution in [2.75, 3.05) is 11.9 Å². The zero-order valence-corrected chi connectivity index (χ0v) is 18.5. The fourth-order valence-corrected chi connectivity index (χ4v) is 3.72. The van der Waals surface area contributed by atoms with Gasteiger partial charge in [0, 0.05) is 28.3 Å². The fraction of sp³-hybridized carbons (Fsp3) is 0.154. The molecule has 0 saturated carbocycles. The maximum atomic E-state index is 13.1. The molecule has 32 heavy (non-hydrogen) atoms. The van der Waals surface area contributed by atoms with E-state index in [0.29, 0.717) is 29.2 Å². The minimum absolute atomic E-state index is 0.189. The van der Waals surface area contributed by atoms with E-state index < -0.39 is 0 Å². The second-order valence-electron chi connectivity index (χ2n) is 7.81. The average Bonchev–Trinajstić information content (AvgIpc) is 2.79. The molecule has 0 aliphatic rings. The molecule has 0 fully saturated rings. The molecule has 0 bridgehead atoms. The molecule has 0 atom stereocenters. The van der Waals surface area contributed by atoms with Gasteiger partial charge in [0.05, 0.1) is 6.54 Å². The molecule has 4 aromatic rings. The molecular formula is C26H24ClN3O2. The van der Waals surface area contributed by atoms with Gasteiger partial charge in [-0.2, -0.15) is 0 Å². The highest BCUT2D eigenvalue weighted by molar-refractivity contribution is 6.30. The molecular weight excluding hydrogens is 422 g/mol. The second-order valence-corrected chi connectivity index (χ2v) is 8.25. The SMILES string of the molecule is Cc1ccc2[nH]c(=O)c(CN(CCc3ccccc3)C(=O)Nc3ccc(Cl)cc3)cc2c1. The van der Waals surface area contributed by atoms with Gasteiger partial charge in [0.15, 0.2) is 0 Å². The molecule has 0 unspecified atom stereocenters. The predicted octanol–water partition coefficient (Wildman–Crippen LogP) is 5.77. The number of H-pyrrole nitrogens is 1. The molecule has 0 radical (unpaired) electrons. The largest absolute Gasteiger partial charge is 0.322 e. The van der Waals surface area contributed by atoms with Crippen LogP contribution in [-0.2, 0) is 13.0 Å². The van der Waals surface area contributed by atoms with Crippen molar-refractivity contribution in [3.8, 4) is 0 Å². The Morgan fingerprint density at radius 2 is 1.75 bits per heavy atom. The van der Waals surface area contributed by atoms with Crippen LogP contribution in [0.4, 0.5) is 10.5 Å². The quantitative estimate of drug-likeness (QED) is 0.396. The normalized spacial score (nSPS) is 10.8. The van der Waals surface area contributed by atoms with Gasteiger partial charge in [-0.15, -0.1) is 0 Å². The van der Waals surface area contributed by atoms with Crippen molar-refractivity contribution in [3.05, 3.63) is 111 Å². The van der Waals surface area contributed by atoms with Gasteiger partial charge in [-0.3, -0.25) is 4.79 Å². The molecule has 0 aliphatic heterocycles. The lowest BCUT2D eigenvalue weighted by Gasteiger charge is -2.23. The first-order valence-electron chi connectivity index (χ1n) is 10.5. The number of aromatic amines is 1. The van der Waals surface area contributed by atoms with Gasteiger partial charge in [-0.1, -0.05) is 53.6 Å². The Balaban J connectivity index is 1.59. The third-order valence-corrected chi connectivity index (χ3v) is 5.59. The zero-order valence-electron chi connectivity index (χ0n) is 17.8. The lowest BCUT2D eigenvalue weighted by Crippen LogP contribution is -2.37. The van der Waals surface area contributed by atoms with Gasteiger partial charge in [0.25, 0.3) is 5.56 Å². The molecule has 3 aromatic carbocycles. The van der Waals surface area contributed by atoms with Crippen molar-refractivity contribution < 1.29 is 4.79 Å². The highest BCUT2D eigenvalue weighted by Crippen LogP contribution is 2.17. The predicted molar refractivity (Wildman–Crippen MR) is 130 cm³/mol. The number of hydrogen-bond donors (Lipinski definition) is 2. The van der Waals surface area contributed by atoms with E-state index in [0.717, 1.165) is 22.0 Å². The molecule has 1 heterocycles. The summed E-state index contributed by atoms with van der Waals surface area (Å²) in [6.45, 7) is 2.68. The minimum Gasteiger partial charge on any atom is -0.322 e. The third-order valence-electron chi connectivity index (χ3n) is 5.33. The summed E-state index contributed by atoms with van der Waals surface area (Å²) >= 11 is 5.95. The standard InChI is InChI=1S/C26H24ClN3O2/c1-18-7-12-24-20(15-18)16-21(25(31)29-24)17-30(14-13-19-5-3-2-4-6-19)26(32)28-23-10-8-22(27)9-11-23/h2-12,15-16H,13-14,17H2,1H3,(H,28,32)(H,29,31). The highest BCUT2D eigenvalue weighted by atomic mass is 35.5. The molecule has 6 heteroatoms. The van der Waals surface area contributed by atoms with E-state index >= 15 is 0 Å². The lowest BCUT2D eigenvalue weighted by molar-refractivity contribution is 0.209. The van der Waals surface area contributed by atoms with Crippen LogP contribution in [0.2, 0.25) is 5.02 Å². The second kappa shape index (κ2) is 9.71. The van der Waals surface area contributed by atoms with Crippen molar-refractivity contribution in [1.82, 2.24) is 9.88 Å². The first-order chi connectivity index (χ1) is 15.5. The zero-order chi connectivity index (χ0) is 22.5. The summed E-state index contributed by atoms with van der Waals surface area (Å²) in [5.41, 5.74) is 4.02. The summed E-state index contributed by atoms with van der Waals surface area (Å²) in [4.78, 5) is 30.4. The Labute approximate surface area is 191 Å². The van der Waals surface area contributed by atoms with Crippen molar-refractivity contribution in [3.63, 3.8) is 0 Å². The van der Waals surface area contributed by atoms with Gasteiger partial charge < -0.3 is 15.2 Å². The molecule has 1 aromatic heterocycles. The monoisotopic (exact) mass is 445 g/mol. The van der Waals surface area contributed by atoms with Gasteiger partial charge in [0.2, 0.25) is 0 Å². The topological polar surface area (TPSA) is 65.2 Å². The molecule has 0 saturated heterocycles. The summed E-state index contributed by atoms with van der Waals surface area (Å²) in [6.07, 6.45) is 0.680. The van der Waals surface area contributed by atoms with Gasteiger partial charge in [-0.25, -0.2) is 4.79 Å². The van der Waals surface area contributed by atoms with Crippen molar-refractivity contribution in [1.29, 1.82) is 0 Å². The van der Waals surface area contributed by atoms with E-state index in [1.807, 2.05) is 61.5 Å². The first-order valence-corrected chi connectivity index (χ1v) is 10.8. The molecule has 0 spiro atoms. The maximum Gasteiger partial charge on any atom is 0.322 e. The number of nitrogens with one attached hydrogen (secondary N) is 2. The molecule has 162 valence electrons. The van der Waals surface area contributed by atoms with Crippen LogP contribution in [-0.4, -0.2) is 22.5 Å². The van der Waals surface area contributed by atoms with E-state index in [2.05, 4.69) is 10.3 Å². The number of hydrogen-bond acceptors (Lipinski definition) is 2. The van der Waals surface area contributed by atoms with Crippen LogP contribution in [0.25, 0.3) is 10.9 Å². The Bertz CT molecular complexity index is 1280. The number of fused-ring (bicyclic) bond motifs is 1. The number of carbonyl (C=O) groups is 1. The number of halogens is 1. The number of rotatable bonds is 6. The number of urea groups is 1. The van der Waals surface area contributed by atoms with Crippen LogP contribution in [0, 0.1) is 6.92 Å². The molecule has 2 amide bonds. The summed E-state index contributed by atoms with van der Waals surface area (Å²) in [5, 5.41) is 4.45. The van der Waals surface area contributed by atoms with Crippen LogP contribution in [0.15, 0.2) is 83.7 Å². The van der Waals surface area contributed by atoms with E-state index in [-0.39, 0.29) is 18.1 Å². The number of aromatic nitrogens is 1. The van der Waals surface area contributed by atoms with Crippen molar-refractivity contribution in [2.24, 2.45) is 0 Å². The van der Waals surface area contributed by atoms with Crippen LogP contribution < -0.4 is 10.9 Å². The first kappa shape index (κ1) is 21.7. The number of carbonyl (C=O) groups excluding carboxylic acids is 1. The number of benzene rings is 3. The van der Waals surface area contributed by atoms with Crippen LogP contribution in [0.1, 0.15) is 16.7 Å². The number of amides is 2. The van der Waals surface area contributed by atoms with E-state index in [1.165, 1.54) is 0 Å². The number of pyridine rings is 1. The maximum absolute atomic E-state index is 13.1. The summed E-state index contributed by atoms with van der Waals surface area (Å²) in [6, 6.07) is 24.4. The average molecular weight is 446 g/mol. The fourth-order valence-electron chi connectivity index (χ4n) is 3.59. The Morgan fingerprint density at radius 1 is 1.00 bits per heavy atom. The minimum atomic E-state index is -0.271. The Kier molecular flexibility index (Phi) is 6.57. The van der Waals surface area contributed by atoms with Crippen LogP contribution in [0.5, 0.6) is 0 Å². The smallest absolute Gasteiger partial charge is 0.322 e. The van der Waals surface area contributed by atoms with Crippen LogP contribution >= 0.6 is 11.6 Å². The summed E-state index contributed by atoms with van der Waals surface area (Å²) in [7, 11) is 0. The molecule has 0 aliphatic carbocycles. The molecule has 4 rings (SSSR count). The van der Waals surface area contributed by atoms with Crippen molar-refractivity contribution in [2.45, 2.75) is 19.9 Å². The Morgan fingerprint density at radius 3 is 2.50 bits per heavy atom. The van der Waals surface area contributed by atoms with Gasteiger partial charge >= 0.3 is 6.03 Å². The van der Waals surface area contributed by atoms with E-state index in [4.69, 9.17) is 11.6 Å². The summed E-state index contributed by atoms with van der Waals surface area (Å²) in [5.74, 6) is 0. The number of aryl methyl sites for hydroxylation is 1. The molecule has 5 nitrogen and oxygen atoms in total. The van der Waals surface area contributed by atoms with Crippen molar-refractivity contribution >= 4 is 34.2 Å². The van der Waals surface area contributed by atoms with Gasteiger partial charge in [-0.05, 0) is 66.8 Å². The molecule has 2 N–H and O–H groups in total. The van der Waals surface area contributed by atoms with Crippen LogP contribution in [0.3, 0.4) is 0 Å².